The van der Waals surface area contributed by atoms with Gasteiger partial charge in [-0.25, -0.2) is 9.78 Å². The van der Waals surface area contributed by atoms with Crippen LogP contribution in [-0.4, -0.2) is 212 Å². The molecule has 6 rings (SSSR count). The summed E-state index contributed by atoms with van der Waals surface area (Å²) >= 11 is 1.30. The van der Waals surface area contributed by atoms with Gasteiger partial charge in [0.2, 0.25) is 5.43 Å². The molecule has 0 radical (unpaired) electrons. The Bertz CT molecular complexity index is 2580. The van der Waals surface area contributed by atoms with Crippen molar-refractivity contribution in [2.75, 3.05) is 72.0 Å². The molecule has 3 saturated heterocycles. The highest BCUT2D eigenvalue weighted by Gasteiger charge is 2.58. The number of hydrogen-bond acceptors (Lipinski definition) is 22. The number of rotatable bonds is 18. The lowest BCUT2D eigenvalue weighted by atomic mass is 9.67. The summed E-state index contributed by atoms with van der Waals surface area (Å²) < 4.78 is 79.5. The zero-order chi connectivity index (χ0) is 57.3. The molecular formula is C52H83N5O18S2. The number of esters is 1. The van der Waals surface area contributed by atoms with E-state index >= 15 is 0 Å². The predicted molar refractivity (Wildman–Crippen MR) is 284 cm³/mol. The van der Waals surface area contributed by atoms with Gasteiger partial charge in [0.25, 0.3) is 10.1 Å². The zero-order valence-electron chi connectivity index (χ0n) is 46.9. The molecule has 5 heterocycles. The summed E-state index contributed by atoms with van der Waals surface area (Å²) in [6.45, 7) is 13.9. The molecule has 1 aliphatic carbocycles. The van der Waals surface area contributed by atoms with Crippen LogP contribution in [-0.2, 0) is 57.0 Å². The smallest absolute Gasteiger partial charge is 0.341 e. The highest BCUT2D eigenvalue weighted by molar-refractivity contribution is 7.99. The Morgan fingerprint density at radius 1 is 0.948 bits per heavy atom. The van der Waals surface area contributed by atoms with Crippen molar-refractivity contribution in [3.63, 3.8) is 0 Å². The van der Waals surface area contributed by atoms with Crippen LogP contribution in [0, 0.1) is 23.7 Å². The van der Waals surface area contributed by atoms with Gasteiger partial charge >= 0.3 is 11.9 Å². The van der Waals surface area contributed by atoms with Crippen molar-refractivity contribution in [1.82, 2.24) is 19.9 Å². The van der Waals surface area contributed by atoms with E-state index in [1.54, 1.807) is 67.6 Å². The number of aliphatic hydroxyl groups excluding tert-OH is 2. The molecule has 0 spiro atoms. The number of fused-ring (bicyclic) bond motifs is 2. The minimum atomic E-state index is -4.22. The third-order valence-electron chi connectivity index (χ3n) is 16.3. The number of carbonyl (C=O) groups is 3. The maximum Gasteiger partial charge on any atom is 0.341 e. The van der Waals surface area contributed by atoms with Gasteiger partial charge < -0.3 is 68.8 Å². The van der Waals surface area contributed by atoms with Crippen LogP contribution in [0.25, 0.3) is 10.9 Å². The lowest BCUT2D eigenvalue weighted by molar-refractivity contribution is -0.318. The number of thioether (sulfide) groups is 1. The summed E-state index contributed by atoms with van der Waals surface area (Å²) in [5.74, 6) is -6.21. The Kier molecular flexibility index (Phi) is 20.5. The molecule has 0 bridgehead atoms. The predicted octanol–water partition coefficient (Wildman–Crippen LogP) is 2.15. The quantitative estimate of drug-likeness (QED) is 0.0618. The molecule has 0 amide bonds. The Morgan fingerprint density at radius 3 is 2.21 bits per heavy atom. The highest BCUT2D eigenvalue weighted by atomic mass is 32.2. The number of carboxylic acids is 1. The number of ether oxygens (including phenoxy) is 7. The van der Waals surface area contributed by atoms with Gasteiger partial charge in [-0.3, -0.25) is 23.2 Å². The molecule has 2 aromatic heterocycles. The fraction of sp³-hybridized carbons (Fsp3) is 0.788. The summed E-state index contributed by atoms with van der Waals surface area (Å²) in [7, 11) is 5.77. The maximum absolute atomic E-state index is 14.4. The number of carbonyl (C=O) groups excluding carboxylic acids is 2. The van der Waals surface area contributed by atoms with Crippen molar-refractivity contribution in [2.45, 2.75) is 177 Å². The molecule has 1 saturated carbocycles. The van der Waals surface area contributed by atoms with E-state index in [0.717, 1.165) is 0 Å². The summed E-state index contributed by atoms with van der Waals surface area (Å²) in [6, 6.07) is 1.18. The molecule has 4 fully saturated rings. The summed E-state index contributed by atoms with van der Waals surface area (Å²) in [4.78, 5) is 59.8. The topological polar surface area (TPSA) is 294 Å². The Labute approximate surface area is 456 Å². The van der Waals surface area contributed by atoms with Gasteiger partial charge in [0.1, 0.15) is 35.3 Å². The van der Waals surface area contributed by atoms with E-state index in [1.165, 1.54) is 49.1 Å². The van der Waals surface area contributed by atoms with Gasteiger partial charge in [0, 0.05) is 83.6 Å². The minimum absolute atomic E-state index is 0.0129. The number of nitrogens with one attached hydrogen (secondary N) is 1. The maximum atomic E-state index is 14.4. The number of aliphatic hydroxyl groups is 3. The average molecular weight is 1130 g/mol. The first-order valence-electron chi connectivity index (χ1n) is 26.3. The van der Waals surface area contributed by atoms with Crippen LogP contribution in [0.5, 0.6) is 0 Å². The van der Waals surface area contributed by atoms with Crippen LogP contribution >= 0.6 is 11.8 Å². The Balaban J connectivity index is 1.19. The molecule has 5 N–H and O–H groups in total. The van der Waals surface area contributed by atoms with Crippen LogP contribution < -0.4 is 15.8 Å². The molecule has 0 unspecified atom stereocenters. The number of nitrogens with zero attached hydrogens (tertiary/aromatic N) is 4. The lowest BCUT2D eigenvalue weighted by Crippen LogP contribution is -2.65. The number of methoxy groups -OCH3 is 2. The Hall–Kier alpha value is -3.41. The number of ketones is 1. The van der Waals surface area contributed by atoms with E-state index in [0.29, 0.717) is 29.3 Å². The van der Waals surface area contributed by atoms with Crippen molar-refractivity contribution in [3.8, 4) is 0 Å². The van der Waals surface area contributed by atoms with Crippen molar-refractivity contribution >= 4 is 50.5 Å². The number of Topliss-reactive ketones (excluding diaryl/α,β-unsaturated/α-hetero) is 1. The van der Waals surface area contributed by atoms with E-state index < -0.39 is 129 Å². The molecule has 4 aliphatic rings. The number of aromatic nitrogens is 2. The van der Waals surface area contributed by atoms with Gasteiger partial charge in [-0.05, 0) is 80.5 Å². The van der Waals surface area contributed by atoms with Crippen LogP contribution in [0.2, 0.25) is 0 Å². The fourth-order valence-electron chi connectivity index (χ4n) is 11.4. The first-order chi connectivity index (χ1) is 35.9. The molecular weight excluding hydrogens is 1050 g/mol. The second kappa shape index (κ2) is 25.2. The fourth-order valence-corrected chi connectivity index (χ4v) is 13.4. The summed E-state index contributed by atoms with van der Waals surface area (Å²) in [6.07, 6.45) is -7.31. The second-order valence-corrected chi connectivity index (χ2v) is 25.2. The van der Waals surface area contributed by atoms with E-state index in [9.17, 15) is 48.0 Å². The highest BCUT2D eigenvalue weighted by Crippen LogP contribution is 2.45. The number of aromatic carboxylic acids is 1. The number of hydrogen-bond donors (Lipinski definition) is 5. The molecule has 25 heteroatoms. The molecule has 77 heavy (non-hydrogen) atoms. The van der Waals surface area contributed by atoms with Crippen molar-refractivity contribution in [1.29, 1.82) is 0 Å². The average Bonchev–Trinajstić information content (AvgIpc) is 3.37. The van der Waals surface area contributed by atoms with Crippen LogP contribution in [0.4, 0.5) is 0 Å². The van der Waals surface area contributed by atoms with E-state index in [4.69, 9.17) is 37.3 Å². The van der Waals surface area contributed by atoms with Crippen LogP contribution in [0.3, 0.4) is 0 Å². The van der Waals surface area contributed by atoms with Gasteiger partial charge in [-0.15, -0.1) is 11.8 Å². The normalized spacial score (nSPS) is 37.7. The minimum Gasteiger partial charge on any atom is -0.477 e. The third-order valence-corrected chi connectivity index (χ3v) is 18.4. The molecule has 436 valence electrons. The summed E-state index contributed by atoms with van der Waals surface area (Å²) in [5.41, 5.74) is -5.16. The zero-order valence-corrected chi connectivity index (χ0v) is 48.5. The van der Waals surface area contributed by atoms with Gasteiger partial charge in [0.15, 0.2) is 12.6 Å². The van der Waals surface area contributed by atoms with E-state index in [-0.39, 0.29) is 61.1 Å². The number of carboxylic acid groups (broad SMARTS) is 1. The van der Waals surface area contributed by atoms with Crippen LogP contribution in [0.1, 0.15) is 97.9 Å². The van der Waals surface area contributed by atoms with Crippen LogP contribution in [0.15, 0.2) is 28.3 Å². The SMILES string of the molecule is CO[C@]1(C)C[C@@H](C)C(=O)[C@H](C)[C@@H](O)[C@@]2(O)CC[C@H]2OC(=O)[C@H](C)[C@@H](O[C@H]2C[C@@](C)(OC)[C@@H](OS(=O)(=O)CCNCCSc3cc4c(=O)c(C(=O)O)cn(N(C)C)c4cn3)[C@H](C)O2)[C@H](C)[C@H]1O[C@@H]1O[C@H](C)C[C@H](N(C)C)[C@H]1O. The van der Waals surface area contributed by atoms with Crippen molar-refractivity contribution in [2.24, 2.45) is 23.7 Å². The lowest BCUT2D eigenvalue weighted by Gasteiger charge is -2.51. The number of likely N-dealkylation sites (N-methyl/N-ethyl adjacent to an activating group) is 1. The van der Waals surface area contributed by atoms with Gasteiger partial charge in [-0.2, -0.15) is 8.42 Å². The van der Waals surface area contributed by atoms with Crippen molar-refractivity contribution in [3.05, 3.63) is 34.2 Å². The van der Waals surface area contributed by atoms with Gasteiger partial charge in [0.05, 0.1) is 75.5 Å². The molecule has 18 atom stereocenters. The molecule has 3 aliphatic heterocycles. The van der Waals surface area contributed by atoms with Gasteiger partial charge in [-0.1, -0.05) is 20.8 Å². The monoisotopic (exact) mass is 1130 g/mol. The third kappa shape index (κ3) is 13.7. The molecule has 2 aromatic rings. The first kappa shape index (κ1) is 62.8. The standard InChI is InChI=1S/C52H83N5O18S2/c1-27-23-50(7,68-13)45(74-49-42(60)35(55(9)10)21-28(2)70-49)30(4)43(31(5)48(64)72-37-15-16-52(37,65)44(61)29(3)40(27)58)73-39-24-51(8,69-14)46(32(6)71-39)75-77(66,67)20-18-53-17-19-76-38-22-33-36(25-54-38)57(56(11)12)26-34(41(33)59)47(62)63/h22,25-32,35,37,39,42-46,49,53,60-61,65H,15-21,23-24H2,1-14H3,(H,62,63)/t27-,28-,29+,30+,31-,32+,35+,37-,39+,42-,43+,44-,45-,46+,49+,50-,51-,52-/m1/s1. The van der Waals surface area contributed by atoms with E-state index in [2.05, 4.69) is 10.3 Å². The first-order valence-corrected chi connectivity index (χ1v) is 28.9. The molecule has 23 nitrogen and oxygen atoms in total. The second-order valence-electron chi connectivity index (χ2n) is 22.4. The number of pyridine rings is 2. The molecule has 0 aromatic carbocycles. The summed E-state index contributed by atoms with van der Waals surface area (Å²) in [5, 5.41) is 50.1. The van der Waals surface area contributed by atoms with Crippen molar-refractivity contribution < 1.29 is 80.6 Å². The van der Waals surface area contributed by atoms with E-state index in [1.807, 2.05) is 25.9 Å². The Morgan fingerprint density at radius 2 is 1.61 bits per heavy atom. The largest absolute Gasteiger partial charge is 0.477 e.